The van der Waals surface area contributed by atoms with Crippen LogP contribution in [0.1, 0.15) is 74.9 Å². The van der Waals surface area contributed by atoms with E-state index in [1.807, 2.05) is 17.0 Å². The van der Waals surface area contributed by atoms with E-state index in [2.05, 4.69) is 35.2 Å². The zero-order valence-electron chi connectivity index (χ0n) is 36.4. The molecular formula is C45H48F2N10O8S. The van der Waals surface area contributed by atoms with Gasteiger partial charge in [0.1, 0.15) is 17.8 Å². The molecule has 2 aromatic carbocycles. The zero-order chi connectivity index (χ0) is 47.3. The number of aromatic amines is 1. The highest BCUT2D eigenvalue weighted by molar-refractivity contribution is 7.90. The number of ketones is 1. The van der Waals surface area contributed by atoms with Crippen molar-refractivity contribution in [3.63, 3.8) is 0 Å². The number of nitrogens with one attached hydrogen (secondary N) is 4. The van der Waals surface area contributed by atoms with E-state index >= 15 is 8.78 Å². The number of aldehydes is 1. The lowest BCUT2D eigenvalue weighted by Crippen LogP contribution is -2.48. The lowest BCUT2D eigenvalue weighted by atomic mass is 10.00. The van der Waals surface area contributed by atoms with Crippen molar-refractivity contribution < 1.29 is 46.0 Å². The molecule has 3 aromatic heterocycles. The number of H-pyrrole nitrogens is 1. The average molecular weight is 927 g/mol. The lowest BCUT2D eigenvalue weighted by Gasteiger charge is -2.34. The van der Waals surface area contributed by atoms with Gasteiger partial charge in [-0.3, -0.25) is 43.5 Å². The van der Waals surface area contributed by atoms with Gasteiger partial charge in [0, 0.05) is 119 Å². The maximum absolute atomic E-state index is 15.6. The number of amides is 4. The molecule has 1 saturated heterocycles. The minimum Gasteiger partial charge on any atom is -0.384 e. The van der Waals surface area contributed by atoms with Gasteiger partial charge in [0.25, 0.3) is 11.8 Å². The van der Waals surface area contributed by atoms with Crippen molar-refractivity contribution in [1.29, 1.82) is 0 Å². The molecule has 21 heteroatoms. The lowest BCUT2D eigenvalue weighted by molar-refractivity contribution is -0.133. The Morgan fingerprint density at radius 2 is 1.71 bits per heavy atom. The van der Waals surface area contributed by atoms with Crippen molar-refractivity contribution in [2.75, 3.05) is 63.4 Å². The van der Waals surface area contributed by atoms with Crippen LogP contribution in [0.25, 0.3) is 22.2 Å². The topological polar surface area (TPSA) is 227 Å². The van der Waals surface area contributed by atoms with E-state index in [1.54, 1.807) is 37.5 Å². The Morgan fingerprint density at radius 3 is 2.41 bits per heavy atom. The van der Waals surface area contributed by atoms with Crippen LogP contribution in [0.2, 0.25) is 0 Å². The van der Waals surface area contributed by atoms with Crippen LogP contribution in [-0.4, -0.2) is 137 Å². The minimum absolute atomic E-state index is 0.00417. The van der Waals surface area contributed by atoms with E-state index in [-0.39, 0.29) is 54.3 Å². The fourth-order valence-electron chi connectivity index (χ4n) is 7.82. The number of rotatable bonds is 19. The number of nitrogens with zero attached hydrogens (tertiary/aromatic N) is 6. The Morgan fingerprint density at radius 1 is 0.955 bits per heavy atom. The second-order valence-electron chi connectivity index (χ2n) is 15.8. The highest BCUT2D eigenvalue weighted by Gasteiger charge is 2.41. The average Bonchev–Trinajstić information content (AvgIpc) is 3.86. The van der Waals surface area contributed by atoms with Crippen molar-refractivity contribution in [2.24, 2.45) is 0 Å². The molecule has 0 bridgehead atoms. The second-order valence-corrected chi connectivity index (χ2v) is 17.6. The SMILES string of the molecule is CCN(C)S(=O)(=O)Nc1ccc(F)c(C(=O)c2c[nH]c3ncc(-c4ccc(CN5CCN(C(=O)CCCNc6cccc7c6C(=O)N(C(C=O)CCC(=O)NC)C7=O)CC5)nc4)cc23)c1F. The van der Waals surface area contributed by atoms with Crippen LogP contribution in [0.4, 0.5) is 20.2 Å². The Bertz CT molecular complexity index is 2810. The summed E-state index contributed by atoms with van der Waals surface area (Å²) < 4.78 is 58.7. The zero-order valence-corrected chi connectivity index (χ0v) is 37.2. The van der Waals surface area contributed by atoms with E-state index in [4.69, 9.17) is 0 Å². The third-order valence-corrected chi connectivity index (χ3v) is 13.3. The quantitative estimate of drug-likeness (QED) is 0.0400. The Hall–Kier alpha value is -6.97. The molecule has 2 aliphatic heterocycles. The van der Waals surface area contributed by atoms with E-state index in [0.717, 1.165) is 27.0 Å². The highest BCUT2D eigenvalue weighted by Crippen LogP contribution is 2.32. The summed E-state index contributed by atoms with van der Waals surface area (Å²) in [5, 5.41) is 5.93. The van der Waals surface area contributed by atoms with Gasteiger partial charge >= 0.3 is 10.2 Å². The Balaban J connectivity index is 0.904. The van der Waals surface area contributed by atoms with Crippen LogP contribution in [-0.2, 0) is 31.1 Å². The molecule has 1 atom stereocenters. The van der Waals surface area contributed by atoms with Gasteiger partial charge in [-0.1, -0.05) is 19.1 Å². The van der Waals surface area contributed by atoms with Gasteiger partial charge in [0.2, 0.25) is 17.6 Å². The molecule has 4 amide bonds. The molecule has 66 heavy (non-hydrogen) atoms. The molecule has 5 aromatic rings. The van der Waals surface area contributed by atoms with E-state index < -0.39 is 56.7 Å². The first-order valence-corrected chi connectivity index (χ1v) is 22.7. The van der Waals surface area contributed by atoms with Crippen LogP contribution in [0, 0.1) is 11.6 Å². The summed E-state index contributed by atoms with van der Waals surface area (Å²) in [6, 6.07) is 10.8. The molecular weight excluding hydrogens is 879 g/mol. The van der Waals surface area contributed by atoms with Crippen LogP contribution >= 0.6 is 0 Å². The summed E-state index contributed by atoms with van der Waals surface area (Å²) in [5.41, 5.74) is 1.52. The number of hydrogen-bond acceptors (Lipinski definition) is 12. The first kappa shape index (κ1) is 47.0. The molecule has 0 saturated carbocycles. The van der Waals surface area contributed by atoms with Crippen LogP contribution in [0.15, 0.2) is 67.1 Å². The molecule has 0 spiro atoms. The predicted molar refractivity (Wildman–Crippen MR) is 240 cm³/mol. The molecule has 4 N–H and O–H groups in total. The molecule has 346 valence electrons. The van der Waals surface area contributed by atoms with Gasteiger partial charge in [0.15, 0.2) is 5.82 Å². The normalized spacial score (nSPS) is 14.7. The van der Waals surface area contributed by atoms with Crippen LogP contribution in [0.5, 0.6) is 0 Å². The van der Waals surface area contributed by atoms with Gasteiger partial charge in [-0.15, -0.1) is 0 Å². The van der Waals surface area contributed by atoms with Crippen molar-refractivity contribution in [3.8, 4) is 11.1 Å². The molecule has 0 radical (unpaired) electrons. The highest BCUT2D eigenvalue weighted by atomic mass is 32.2. The summed E-state index contributed by atoms with van der Waals surface area (Å²) in [5.74, 6) is -5.06. The van der Waals surface area contributed by atoms with Gasteiger partial charge in [-0.05, 0) is 49.2 Å². The van der Waals surface area contributed by atoms with Crippen LogP contribution in [0.3, 0.4) is 0 Å². The monoisotopic (exact) mass is 926 g/mol. The molecule has 1 unspecified atom stereocenters. The van der Waals surface area contributed by atoms with Gasteiger partial charge in [0.05, 0.1) is 34.1 Å². The number of carbonyl (C=O) groups excluding carboxylic acids is 6. The number of hydrogen-bond donors (Lipinski definition) is 4. The number of anilines is 2. The van der Waals surface area contributed by atoms with E-state index in [0.29, 0.717) is 79.8 Å². The first-order valence-electron chi connectivity index (χ1n) is 21.3. The minimum atomic E-state index is -4.16. The number of halogens is 2. The summed E-state index contributed by atoms with van der Waals surface area (Å²) in [7, 11) is -1.41. The summed E-state index contributed by atoms with van der Waals surface area (Å²) >= 11 is 0. The number of fused-ring (bicyclic) bond motifs is 2. The summed E-state index contributed by atoms with van der Waals surface area (Å²) in [6.07, 6.45) is 5.74. The molecule has 18 nitrogen and oxygen atoms in total. The maximum atomic E-state index is 15.6. The number of imide groups is 1. The van der Waals surface area contributed by atoms with Gasteiger partial charge < -0.3 is 25.3 Å². The smallest absolute Gasteiger partial charge is 0.301 e. The van der Waals surface area contributed by atoms with Gasteiger partial charge in [-0.2, -0.15) is 12.7 Å². The predicted octanol–water partition coefficient (Wildman–Crippen LogP) is 3.97. The fourth-order valence-corrected chi connectivity index (χ4v) is 8.75. The summed E-state index contributed by atoms with van der Waals surface area (Å²) in [4.78, 5) is 93.6. The van der Waals surface area contributed by atoms with Crippen molar-refractivity contribution in [3.05, 3.63) is 107 Å². The van der Waals surface area contributed by atoms with E-state index in [9.17, 15) is 37.2 Å². The number of carbonyl (C=O) groups is 6. The van der Waals surface area contributed by atoms with Crippen LogP contribution < -0.4 is 15.4 Å². The second kappa shape index (κ2) is 20.0. The number of pyridine rings is 2. The van der Waals surface area contributed by atoms with E-state index in [1.165, 1.54) is 26.4 Å². The number of piperazine rings is 1. The maximum Gasteiger partial charge on any atom is 0.301 e. The summed E-state index contributed by atoms with van der Waals surface area (Å²) in [6.45, 7) is 4.85. The fraction of sp³-hybridized carbons (Fsp3) is 0.333. The largest absolute Gasteiger partial charge is 0.384 e. The van der Waals surface area contributed by atoms with Crippen molar-refractivity contribution >= 4 is 68.3 Å². The van der Waals surface area contributed by atoms with Crippen molar-refractivity contribution in [2.45, 2.75) is 45.2 Å². The molecule has 2 aliphatic rings. The first-order chi connectivity index (χ1) is 31.6. The number of benzene rings is 2. The standard InChI is InChI=1S/C45H48F2N10O8S/c1-4-54(3)66(64,65)53-36-14-13-34(46)40(41(36)47)42(61)33-24-52-43-32(33)21-28(23-51-43)27-10-11-29(50-22-27)25-55-17-19-56(20-18-55)38(60)9-6-16-49-35-8-5-7-31-39(35)45(63)57(44(31)62)30(26-58)12-15-37(59)48-2/h5,7-8,10-11,13-14,21-24,26,30,49,53H,4,6,9,12,15-20,25H2,1-3H3,(H,48,59)(H,51,52). The Labute approximate surface area is 378 Å². The molecule has 0 aliphatic carbocycles. The third kappa shape index (κ3) is 9.82. The third-order valence-electron chi connectivity index (χ3n) is 11.7. The molecule has 7 rings (SSSR count). The van der Waals surface area contributed by atoms with Gasteiger partial charge in [-0.25, -0.2) is 13.8 Å². The number of aromatic nitrogens is 3. The Kier molecular flexibility index (Phi) is 14.3. The van der Waals surface area contributed by atoms with Crippen molar-refractivity contribution in [1.82, 2.24) is 39.3 Å². The molecule has 1 fully saturated rings. The molecule has 5 heterocycles.